The number of rotatable bonds is 11. The summed E-state index contributed by atoms with van der Waals surface area (Å²) in [5.41, 5.74) is 4.03. The highest BCUT2D eigenvalue weighted by Gasteiger charge is 2.16. The molecule has 4 heteroatoms. The zero-order valence-corrected chi connectivity index (χ0v) is 15.4. The van der Waals surface area contributed by atoms with Crippen LogP contribution in [0.4, 0.5) is 0 Å². The van der Waals surface area contributed by atoms with E-state index in [2.05, 4.69) is 50.9 Å². The maximum Gasteiger partial charge on any atom is 0.376 e. The largest absolute Gasteiger partial charge is 0.433 e. The number of hydrogen-bond donors (Lipinski definition) is 1. The van der Waals surface area contributed by atoms with E-state index in [0.29, 0.717) is 6.42 Å². The van der Waals surface area contributed by atoms with E-state index in [1.807, 2.05) is 6.08 Å². The fourth-order valence-corrected chi connectivity index (χ4v) is 2.78. The molecule has 22 heavy (non-hydrogen) atoms. The Bertz CT molecular complexity index is 469. The molecule has 0 spiro atoms. The van der Waals surface area contributed by atoms with Gasteiger partial charge < -0.3 is 9.42 Å². The maximum absolute atomic E-state index is 11.5. The highest BCUT2D eigenvalue weighted by molar-refractivity contribution is 7.52. The molecule has 0 amide bonds. The molecule has 1 atom stereocenters. The highest BCUT2D eigenvalue weighted by atomic mass is 31.2. The molecule has 126 valence electrons. The smallest absolute Gasteiger partial charge is 0.376 e. The SMILES string of the molecule is C=COP(=O)(O)CC/C=C(\C)CC/C=C(\C)CCC=C(C)C. The molecule has 0 aliphatic carbocycles. The van der Waals surface area contributed by atoms with Gasteiger partial charge in [-0.05, 0) is 59.8 Å². The third kappa shape index (κ3) is 12.7. The first-order chi connectivity index (χ1) is 10.3. The average Bonchev–Trinajstić information content (AvgIpc) is 2.37. The minimum atomic E-state index is -3.49. The first-order valence-electron chi connectivity index (χ1n) is 7.82. The standard InChI is InChI=1S/C18H31O3P/c1-6-21-22(19,20)15-9-14-18(5)13-8-12-17(4)11-7-10-16(2)3/h6,10,12,14H,1,7-9,11,13,15H2,2-5H3,(H,19,20)/b17-12+,18-14+. The monoisotopic (exact) mass is 326 g/mol. The molecule has 0 aliphatic heterocycles. The predicted molar refractivity (Wildman–Crippen MR) is 96.0 cm³/mol. The molecule has 0 fully saturated rings. The lowest BCUT2D eigenvalue weighted by Gasteiger charge is -2.08. The van der Waals surface area contributed by atoms with Gasteiger partial charge in [0.15, 0.2) is 0 Å². The zero-order valence-electron chi connectivity index (χ0n) is 14.5. The van der Waals surface area contributed by atoms with Crippen LogP contribution in [0, 0.1) is 0 Å². The van der Waals surface area contributed by atoms with Crippen molar-refractivity contribution in [1.29, 1.82) is 0 Å². The molecule has 0 saturated carbocycles. The van der Waals surface area contributed by atoms with Crippen LogP contribution in [0.15, 0.2) is 47.8 Å². The molecule has 0 saturated heterocycles. The number of hydrogen-bond acceptors (Lipinski definition) is 2. The van der Waals surface area contributed by atoms with E-state index in [-0.39, 0.29) is 6.16 Å². The Morgan fingerprint density at radius 2 is 1.50 bits per heavy atom. The van der Waals surface area contributed by atoms with Crippen LogP contribution in [0.2, 0.25) is 0 Å². The Hall–Kier alpha value is -1.05. The summed E-state index contributed by atoms with van der Waals surface area (Å²) in [7, 11) is -3.49. The van der Waals surface area contributed by atoms with Crippen molar-refractivity contribution in [2.24, 2.45) is 0 Å². The van der Waals surface area contributed by atoms with Crippen LogP contribution in [-0.2, 0) is 9.09 Å². The molecule has 0 aromatic rings. The van der Waals surface area contributed by atoms with Crippen LogP contribution in [0.5, 0.6) is 0 Å². The lowest BCUT2D eigenvalue weighted by atomic mass is 10.1. The summed E-state index contributed by atoms with van der Waals surface area (Å²) >= 11 is 0. The second kappa shape index (κ2) is 11.5. The lowest BCUT2D eigenvalue weighted by Crippen LogP contribution is -1.89. The van der Waals surface area contributed by atoms with E-state index < -0.39 is 7.60 Å². The van der Waals surface area contributed by atoms with Crippen LogP contribution in [0.1, 0.15) is 59.8 Å². The molecular formula is C18H31O3P. The molecule has 0 bridgehead atoms. The summed E-state index contributed by atoms with van der Waals surface area (Å²) in [4.78, 5) is 9.42. The summed E-state index contributed by atoms with van der Waals surface area (Å²) in [5.74, 6) is 0. The Morgan fingerprint density at radius 1 is 1.00 bits per heavy atom. The summed E-state index contributed by atoms with van der Waals surface area (Å²) < 4.78 is 16.1. The Morgan fingerprint density at radius 3 is 2.00 bits per heavy atom. The summed E-state index contributed by atoms with van der Waals surface area (Å²) in [6.45, 7) is 11.8. The second-order valence-corrected chi connectivity index (χ2v) is 7.81. The van der Waals surface area contributed by atoms with Crippen molar-refractivity contribution in [3.8, 4) is 0 Å². The summed E-state index contributed by atoms with van der Waals surface area (Å²) in [6.07, 6.45) is 12.5. The molecule has 3 nitrogen and oxygen atoms in total. The molecule has 1 N–H and O–H groups in total. The minimum absolute atomic E-state index is 0.133. The molecule has 0 aliphatic rings. The zero-order chi connectivity index (χ0) is 17.0. The van der Waals surface area contributed by atoms with Crippen LogP contribution < -0.4 is 0 Å². The normalized spacial score (nSPS) is 15.1. The van der Waals surface area contributed by atoms with E-state index >= 15 is 0 Å². The number of allylic oxidation sites excluding steroid dienone is 6. The van der Waals surface area contributed by atoms with Crippen LogP contribution in [-0.4, -0.2) is 11.1 Å². The van der Waals surface area contributed by atoms with Gasteiger partial charge in [-0.3, -0.25) is 0 Å². The quantitative estimate of drug-likeness (QED) is 0.282. The average molecular weight is 326 g/mol. The summed E-state index contributed by atoms with van der Waals surface area (Å²) in [6, 6.07) is 0. The summed E-state index contributed by atoms with van der Waals surface area (Å²) in [5, 5.41) is 0. The van der Waals surface area contributed by atoms with E-state index in [1.54, 1.807) is 0 Å². The van der Waals surface area contributed by atoms with E-state index in [0.717, 1.165) is 31.9 Å². The lowest BCUT2D eigenvalue weighted by molar-refractivity contribution is 0.349. The topological polar surface area (TPSA) is 46.5 Å². The molecular weight excluding hydrogens is 295 g/mol. The van der Waals surface area contributed by atoms with Crippen molar-refractivity contribution in [2.45, 2.75) is 59.8 Å². The predicted octanol–water partition coefficient (Wildman–Crippen LogP) is 6.14. The van der Waals surface area contributed by atoms with Crippen molar-refractivity contribution in [3.63, 3.8) is 0 Å². The first-order valence-corrected chi connectivity index (χ1v) is 9.59. The molecule has 0 aromatic carbocycles. The molecule has 0 aromatic heterocycles. The molecule has 0 radical (unpaired) electrons. The van der Waals surface area contributed by atoms with E-state index in [4.69, 9.17) is 0 Å². The van der Waals surface area contributed by atoms with Crippen LogP contribution in [0.25, 0.3) is 0 Å². The second-order valence-electron chi connectivity index (χ2n) is 5.88. The molecule has 1 unspecified atom stereocenters. The van der Waals surface area contributed by atoms with Gasteiger partial charge in [-0.15, -0.1) is 0 Å². The van der Waals surface area contributed by atoms with Crippen molar-refractivity contribution in [2.75, 3.05) is 6.16 Å². The fourth-order valence-electron chi connectivity index (χ4n) is 1.98. The van der Waals surface area contributed by atoms with Gasteiger partial charge >= 0.3 is 7.60 Å². The third-order valence-electron chi connectivity index (χ3n) is 3.27. The fraction of sp³-hybridized carbons (Fsp3) is 0.556. The van der Waals surface area contributed by atoms with Gasteiger partial charge in [0.2, 0.25) is 0 Å². The molecule has 0 heterocycles. The van der Waals surface area contributed by atoms with Crippen LogP contribution >= 0.6 is 7.60 Å². The Labute approximate surface area is 136 Å². The first kappa shape index (κ1) is 20.9. The van der Waals surface area contributed by atoms with Crippen molar-refractivity contribution in [3.05, 3.63) is 47.8 Å². The van der Waals surface area contributed by atoms with Gasteiger partial charge in [0.25, 0.3) is 0 Å². The van der Waals surface area contributed by atoms with Gasteiger partial charge in [0.1, 0.15) is 0 Å². The minimum Gasteiger partial charge on any atom is -0.433 e. The van der Waals surface area contributed by atoms with Gasteiger partial charge in [-0.25, -0.2) is 4.57 Å². The Balaban J connectivity index is 4.04. The Kier molecular flexibility index (Phi) is 11.0. The third-order valence-corrected chi connectivity index (χ3v) is 4.57. The van der Waals surface area contributed by atoms with Gasteiger partial charge in [-0.1, -0.05) is 41.5 Å². The maximum atomic E-state index is 11.5. The van der Waals surface area contributed by atoms with Crippen molar-refractivity contribution >= 4 is 7.60 Å². The van der Waals surface area contributed by atoms with Crippen molar-refractivity contribution in [1.82, 2.24) is 0 Å². The molecule has 0 rings (SSSR count). The van der Waals surface area contributed by atoms with E-state index in [1.165, 1.54) is 16.7 Å². The van der Waals surface area contributed by atoms with Crippen LogP contribution in [0.3, 0.4) is 0 Å². The van der Waals surface area contributed by atoms with Gasteiger partial charge in [0.05, 0.1) is 12.4 Å². The highest BCUT2D eigenvalue weighted by Crippen LogP contribution is 2.42. The van der Waals surface area contributed by atoms with E-state index in [9.17, 15) is 9.46 Å². The van der Waals surface area contributed by atoms with Gasteiger partial charge in [-0.2, -0.15) is 0 Å². The van der Waals surface area contributed by atoms with Crippen molar-refractivity contribution < 1.29 is 14.0 Å². The van der Waals surface area contributed by atoms with Gasteiger partial charge in [0, 0.05) is 0 Å².